The van der Waals surface area contributed by atoms with Crippen LogP contribution in [0.5, 0.6) is 0 Å². The van der Waals surface area contributed by atoms with E-state index in [4.69, 9.17) is 4.74 Å². The first-order chi connectivity index (χ1) is 9.89. The number of nitrogens with zero attached hydrogens (tertiary/aromatic N) is 2. The van der Waals surface area contributed by atoms with Crippen molar-refractivity contribution >= 4 is 6.09 Å². The molecule has 1 saturated carbocycles. The molecule has 0 bridgehead atoms. The highest BCUT2D eigenvalue weighted by molar-refractivity contribution is 5.68. The zero-order valence-electron chi connectivity index (χ0n) is 13.7. The van der Waals surface area contributed by atoms with Crippen LogP contribution in [0.4, 0.5) is 4.79 Å². The fourth-order valence-electron chi connectivity index (χ4n) is 3.29. The molecule has 1 aliphatic carbocycles. The summed E-state index contributed by atoms with van der Waals surface area (Å²) in [6, 6.07) is 0.633. The fourth-order valence-corrected chi connectivity index (χ4v) is 3.29. The molecule has 0 atom stereocenters. The molecule has 1 heterocycles. The molecule has 1 N–H and O–H groups in total. The topological polar surface area (TPSA) is 53.0 Å². The van der Waals surface area contributed by atoms with Gasteiger partial charge in [-0.3, -0.25) is 4.90 Å². The van der Waals surface area contributed by atoms with Crippen LogP contribution in [0.1, 0.15) is 46.5 Å². The highest BCUT2D eigenvalue weighted by atomic mass is 16.6. The Bertz CT molecular complexity index is 338. The summed E-state index contributed by atoms with van der Waals surface area (Å²) in [6.07, 6.45) is 4.43. The molecular formula is C16H30N2O3. The molecule has 0 aromatic heterocycles. The summed E-state index contributed by atoms with van der Waals surface area (Å²) < 4.78 is 5.43. The van der Waals surface area contributed by atoms with E-state index in [1.54, 1.807) is 0 Å². The molecule has 2 rings (SSSR count). The number of hydrogen-bond acceptors (Lipinski definition) is 4. The molecule has 2 aliphatic rings. The Hall–Kier alpha value is -0.810. The van der Waals surface area contributed by atoms with Crippen LogP contribution in [-0.2, 0) is 4.74 Å². The van der Waals surface area contributed by atoms with E-state index in [0.717, 1.165) is 39.0 Å². The highest BCUT2D eigenvalue weighted by Gasteiger charge is 2.30. The van der Waals surface area contributed by atoms with Crippen molar-refractivity contribution in [1.29, 1.82) is 0 Å². The Morgan fingerprint density at radius 1 is 1.10 bits per heavy atom. The van der Waals surface area contributed by atoms with Crippen LogP contribution in [0, 0.1) is 5.92 Å². The lowest BCUT2D eigenvalue weighted by atomic mass is 9.85. The predicted molar refractivity (Wildman–Crippen MR) is 82.2 cm³/mol. The van der Waals surface area contributed by atoms with Crippen LogP contribution in [-0.4, -0.2) is 65.4 Å². The minimum absolute atomic E-state index is 0.189. The van der Waals surface area contributed by atoms with Gasteiger partial charge in [-0.2, -0.15) is 0 Å². The van der Waals surface area contributed by atoms with Crippen molar-refractivity contribution in [3.8, 4) is 0 Å². The van der Waals surface area contributed by atoms with E-state index in [1.165, 1.54) is 12.8 Å². The lowest BCUT2D eigenvalue weighted by molar-refractivity contribution is 0.00632. The number of ether oxygens (including phenoxy) is 1. The zero-order valence-corrected chi connectivity index (χ0v) is 13.7. The second-order valence-corrected chi connectivity index (χ2v) is 7.36. The summed E-state index contributed by atoms with van der Waals surface area (Å²) in [5, 5.41) is 9.20. The molecule has 2 fully saturated rings. The maximum absolute atomic E-state index is 12.0. The van der Waals surface area contributed by atoms with E-state index >= 15 is 0 Å². The molecular weight excluding hydrogens is 268 g/mol. The summed E-state index contributed by atoms with van der Waals surface area (Å²) in [4.78, 5) is 16.4. The Kier molecular flexibility index (Phi) is 5.49. The average Bonchev–Trinajstić information content (AvgIpc) is 2.46. The molecule has 0 unspecified atom stereocenters. The van der Waals surface area contributed by atoms with Crippen LogP contribution in [0.2, 0.25) is 0 Å². The third-order valence-corrected chi connectivity index (χ3v) is 4.56. The first-order valence-electron chi connectivity index (χ1n) is 8.22. The third kappa shape index (κ3) is 4.85. The maximum Gasteiger partial charge on any atom is 0.410 e. The van der Waals surface area contributed by atoms with Gasteiger partial charge in [-0.25, -0.2) is 4.79 Å². The van der Waals surface area contributed by atoms with Gasteiger partial charge in [0.2, 0.25) is 0 Å². The first kappa shape index (κ1) is 16.6. The van der Waals surface area contributed by atoms with E-state index in [9.17, 15) is 9.90 Å². The van der Waals surface area contributed by atoms with Gasteiger partial charge in [-0.05, 0) is 52.4 Å². The van der Waals surface area contributed by atoms with Crippen LogP contribution in [0.15, 0.2) is 0 Å². The molecule has 1 saturated heterocycles. The number of rotatable bonds is 2. The smallest absolute Gasteiger partial charge is 0.410 e. The van der Waals surface area contributed by atoms with Crippen molar-refractivity contribution in [2.24, 2.45) is 5.92 Å². The number of carbonyl (C=O) groups is 1. The second kappa shape index (κ2) is 6.97. The summed E-state index contributed by atoms with van der Waals surface area (Å²) in [6.45, 7) is 9.44. The molecule has 1 amide bonds. The Balaban J connectivity index is 1.75. The summed E-state index contributed by atoms with van der Waals surface area (Å²) >= 11 is 0. The van der Waals surface area contributed by atoms with Gasteiger partial charge in [-0.15, -0.1) is 0 Å². The van der Waals surface area contributed by atoms with Gasteiger partial charge < -0.3 is 14.7 Å². The predicted octanol–water partition coefficient (Wildman–Crippen LogP) is 2.09. The standard InChI is InChI=1S/C16H30N2O3/c1-16(2,3)21-15(20)18-10-8-17(9-11-18)14-6-4-13(12-19)5-7-14/h13-14,19H,4-12H2,1-3H3/t13-,14+. The normalized spacial score (nSPS) is 28.5. The zero-order chi connectivity index (χ0) is 15.5. The Labute approximate surface area is 128 Å². The van der Waals surface area contributed by atoms with Gasteiger partial charge >= 0.3 is 6.09 Å². The van der Waals surface area contributed by atoms with Crippen LogP contribution >= 0.6 is 0 Å². The van der Waals surface area contributed by atoms with Gasteiger partial charge in [-0.1, -0.05) is 0 Å². The van der Waals surface area contributed by atoms with Gasteiger partial charge in [0.25, 0.3) is 0 Å². The van der Waals surface area contributed by atoms with E-state index in [1.807, 2.05) is 25.7 Å². The molecule has 5 heteroatoms. The van der Waals surface area contributed by atoms with Crippen LogP contribution in [0.25, 0.3) is 0 Å². The Morgan fingerprint density at radius 3 is 2.14 bits per heavy atom. The van der Waals surface area contributed by atoms with Gasteiger partial charge in [0.1, 0.15) is 5.60 Å². The van der Waals surface area contributed by atoms with Crippen molar-refractivity contribution in [3.63, 3.8) is 0 Å². The average molecular weight is 298 g/mol. The number of piperazine rings is 1. The van der Waals surface area contributed by atoms with Crippen molar-refractivity contribution in [3.05, 3.63) is 0 Å². The van der Waals surface area contributed by atoms with Gasteiger partial charge in [0, 0.05) is 38.8 Å². The SMILES string of the molecule is CC(C)(C)OC(=O)N1CCN([C@H]2CC[C@@H](CO)CC2)CC1. The number of hydrogen-bond donors (Lipinski definition) is 1. The van der Waals surface area contributed by atoms with Crippen molar-refractivity contribution in [1.82, 2.24) is 9.80 Å². The molecule has 5 nitrogen and oxygen atoms in total. The quantitative estimate of drug-likeness (QED) is 0.848. The lowest BCUT2D eigenvalue weighted by Gasteiger charge is -2.41. The summed E-state index contributed by atoms with van der Waals surface area (Å²) in [5.74, 6) is 0.504. The number of aliphatic hydroxyl groups is 1. The van der Waals surface area contributed by atoms with E-state index in [-0.39, 0.29) is 6.09 Å². The molecule has 0 spiro atoms. The number of amides is 1. The molecule has 122 valence electrons. The molecule has 0 radical (unpaired) electrons. The summed E-state index contributed by atoms with van der Waals surface area (Å²) in [5.41, 5.74) is -0.420. The minimum atomic E-state index is -0.420. The summed E-state index contributed by atoms with van der Waals surface area (Å²) in [7, 11) is 0. The number of carbonyl (C=O) groups excluding carboxylic acids is 1. The van der Waals surface area contributed by atoms with Crippen LogP contribution in [0.3, 0.4) is 0 Å². The fraction of sp³-hybridized carbons (Fsp3) is 0.938. The minimum Gasteiger partial charge on any atom is -0.444 e. The largest absolute Gasteiger partial charge is 0.444 e. The third-order valence-electron chi connectivity index (χ3n) is 4.56. The van der Waals surface area contributed by atoms with E-state index < -0.39 is 5.60 Å². The lowest BCUT2D eigenvalue weighted by Crippen LogP contribution is -2.53. The highest BCUT2D eigenvalue weighted by Crippen LogP contribution is 2.28. The van der Waals surface area contributed by atoms with Crippen molar-refractivity contribution in [2.45, 2.75) is 58.1 Å². The van der Waals surface area contributed by atoms with E-state index in [0.29, 0.717) is 18.6 Å². The Morgan fingerprint density at radius 2 is 1.67 bits per heavy atom. The first-order valence-corrected chi connectivity index (χ1v) is 8.22. The van der Waals surface area contributed by atoms with Crippen molar-refractivity contribution < 1.29 is 14.6 Å². The maximum atomic E-state index is 12.0. The second-order valence-electron chi connectivity index (χ2n) is 7.36. The van der Waals surface area contributed by atoms with E-state index in [2.05, 4.69) is 4.90 Å². The number of aliphatic hydroxyl groups excluding tert-OH is 1. The van der Waals surface area contributed by atoms with Gasteiger partial charge in [0.15, 0.2) is 0 Å². The monoisotopic (exact) mass is 298 g/mol. The molecule has 1 aliphatic heterocycles. The molecule has 0 aromatic rings. The molecule has 0 aromatic carbocycles. The van der Waals surface area contributed by atoms with Crippen molar-refractivity contribution in [2.75, 3.05) is 32.8 Å². The molecule has 21 heavy (non-hydrogen) atoms. The van der Waals surface area contributed by atoms with Gasteiger partial charge in [0.05, 0.1) is 0 Å². The van der Waals surface area contributed by atoms with Crippen LogP contribution < -0.4 is 0 Å².